The minimum Gasteiger partial charge on any atom is -0.329 e. The third-order valence-electron chi connectivity index (χ3n) is 5.11. The molecule has 1 unspecified atom stereocenters. The van der Waals surface area contributed by atoms with Gasteiger partial charge in [-0.3, -0.25) is 14.4 Å². The van der Waals surface area contributed by atoms with E-state index in [1.165, 1.54) is 0 Å². The number of rotatable bonds is 8. The Morgan fingerprint density at radius 2 is 1.57 bits per heavy atom. The van der Waals surface area contributed by atoms with Crippen LogP contribution < -0.4 is 20.4 Å². The van der Waals surface area contributed by atoms with E-state index in [-0.39, 0.29) is 17.7 Å². The number of nitrogens with zero attached hydrogens (tertiary/aromatic N) is 1. The number of benzene rings is 2. The lowest BCUT2D eigenvalue weighted by molar-refractivity contribution is -0.870. The molecule has 0 aliphatic carbocycles. The second kappa shape index (κ2) is 10.0. The first-order valence-electron chi connectivity index (χ1n) is 10.3. The lowest BCUT2D eigenvalue weighted by Gasteiger charge is -2.16. The van der Waals surface area contributed by atoms with Gasteiger partial charge in [-0.05, 0) is 49.7 Å². The highest BCUT2D eigenvalue weighted by atomic mass is 16.2. The Morgan fingerprint density at radius 1 is 0.967 bits per heavy atom. The summed E-state index contributed by atoms with van der Waals surface area (Å²) in [7, 11) is 1.89. The first-order chi connectivity index (χ1) is 14.4. The summed E-state index contributed by atoms with van der Waals surface area (Å²) in [5, 5.41) is 5.74. The number of carbonyl (C=O) groups is 3. The van der Waals surface area contributed by atoms with Crippen molar-refractivity contribution in [2.24, 2.45) is 0 Å². The van der Waals surface area contributed by atoms with Gasteiger partial charge in [0.05, 0.1) is 20.0 Å². The summed E-state index contributed by atoms with van der Waals surface area (Å²) in [4.78, 5) is 38.9. The zero-order valence-electron chi connectivity index (χ0n) is 17.5. The molecular weight excluding hydrogens is 380 g/mol. The van der Waals surface area contributed by atoms with Gasteiger partial charge in [-0.25, -0.2) is 0 Å². The van der Waals surface area contributed by atoms with Crippen LogP contribution in [0.4, 0.5) is 17.1 Å². The highest BCUT2D eigenvalue weighted by molar-refractivity contribution is 5.96. The molecule has 30 heavy (non-hydrogen) atoms. The molecule has 1 aliphatic heterocycles. The van der Waals surface area contributed by atoms with Gasteiger partial charge >= 0.3 is 0 Å². The predicted octanol–water partition coefficient (Wildman–Crippen LogP) is 1.60. The van der Waals surface area contributed by atoms with Crippen molar-refractivity contribution in [1.82, 2.24) is 0 Å². The fourth-order valence-electron chi connectivity index (χ4n) is 3.40. The Balaban J connectivity index is 1.39. The molecule has 0 radical (unpaired) electrons. The SMILES string of the molecule is Cc1ccc(NC(=O)C[NH+](C)CCC(=O)Nc2ccc(N3CCCC3=O)cc2)cc1. The minimum absolute atomic E-state index is 0.0798. The summed E-state index contributed by atoms with van der Waals surface area (Å²) in [6.07, 6.45) is 1.80. The predicted molar refractivity (Wildman–Crippen MR) is 118 cm³/mol. The van der Waals surface area contributed by atoms with Crippen molar-refractivity contribution >= 4 is 34.8 Å². The van der Waals surface area contributed by atoms with Gasteiger partial charge in [-0.1, -0.05) is 17.7 Å². The summed E-state index contributed by atoms with van der Waals surface area (Å²) in [6, 6.07) is 15.0. The van der Waals surface area contributed by atoms with Crippen LogP contribution in [-0.4, -0.2) is 44.4 Å². The van der Waals surface area contributed by atoms with Crippen LogP contribution in [0, 0.1) is 6.92 Å². The maximum atomic E-state index is 12.2. The van der Waals surface area contributed by atoms with Crippen LogP contribution in [0.25, 0.3) is 0 Å². The summed E-state index contributed by atoms with van der Waals surface area (Å²) in [6.45, 7) is 3.59. The molecule has 0 spiro atoms. The molecule has 3 rings (SSSR count). The molecule has 0 bridgehead atoms. The molecule has 1 atom stereocenters. The monoisotopic (exact) mass is 409 g/mol. The first-order valence-corrected chi connectivity index (χ1v) is 10.3. The van der Waals surface area contributed by atoms with Gasteiger partial charge in [0.25, 0.3) is 5.91 Å². The molecule has 7 nitrogen and oxygen atoms in total. The zero-order valence-corrected chi connectivity index (χ0v) is 17.5. The second-order valence-corrected chi connectivity index (χ2v) is 7.79. The van der Waals surface area contributed by atoms with E-state index in [9.17, 15) is 14.4 Å². The first kappa shape index (κ1) is 21.5. The Kier molecular flexibility index (Phi) is 7.19. The van der Waals surface area contributed by atoms with Crippen LogP contribution in [0.1, 0.15) is 24.8 Å². The normalized spacial score (nSPS) is 14.5. The average molecular weight is 410 g/mol. The third kappa shape index (κ3) is 6.15. The van der Waals surface area contributed by atoms with Crippen LogP contribution in [0.15, 0.2) is 48.5 Å². The van der Waals surface area contributed by atoms with E-state index in [1.54, 1.807) is 4.90 Å². The summed E-state index contributed by atoms with van der Waals surface area (Å²) in [5.74, 6) is -0.0358. The van der Waals surface area contributed by atoms with Crippen LogP contribution in [0.3, 0.4) is 0 Å². The molecular formula is C23H29N4O3+. The zero-order chi connectivity index (χ0) is 21.5. The standard InChI is InChI=1S/C23H28N4O3/c1-17-5-7-18(8-6-17)25-22(29)16-26(2)15-13-21(28)24-19-9-11-20(12-10-19)27-14-3-4-23(27)30/h5-12H,3-4,13-16H2,1-2H3,(H,24,28)(H,25,29)/p+1. The van der Waals surface area contributed by atoms with Crippen molar-refractivity contribution in [3.05, 3.63) is 54.1 Å². The number of anilines is 3. The number of quaternary nitrogens is 1. The minimum atomic E-state index is -0.0988. The van der Waals surface area contributed by atoms with E-state index >= 15 is 0 Å². The Hall–Kier alpha value is -3.19. The summed E-state index contributed by atoms with van der Waals surface area (Å²) >= 11 is 0. The van der Waals surface area contributed by atoms with E-state index in [0.29, 0.717) is 31.6 Å². The molecule has 1 fully saturated rings. The maximum absolute atomic E-state index is 12.2. The molecule has 0 saturated carbocycles. The van der Waals surface area contributed by atoms with Gasteiger partial charge < -0.3 is 20.4 Å². The van der Waals surface area contributed by atoms with Gasteiger partial charge in [0.2, 0.25) is 11.8 Å². The number of carbonyl (C=O) groups excluding carboxylic acids is 3. The molecule has 3 amide bonds. The number of likely N-dealkylation sites (N-methyl/N-ethyl adjacent to an activating group) is 1. The number of hydrogen-bond donors (Lipinski definition) is 3. The van der Waals surface area contributed by atoms with Crippen molar-refractivity contribution in [1.29, 1.82) is 0 Å². The summed E-state index contributed by atoms with van der Waals surface area (Å²) in [5.41, 5.74) is 3.47. The van der Waals surface area contributed by atoms with Crippen molar-refractivity contribution < 1.29 is 19.3 Å². The van der Waals surface area contributed by atoms with E-state index in [0.717, 1.165) is 34.8 Å². The molecule has 158 valence electrons. The van der Waals surface area contributed by atoms with Crippen LogP contribution in [0.5, 0.6) is 0 Å². The van der Waals surface area contributed by atoms with Crippen molar-refractivity contribution in [3.63, 3.8) is 0 Å². The molecule has 2 aromatic rings. The van der Waals surface area contributed by atoms with Crippen molar-refractivity contribution in [3.8, 4) is 0 Å². The number of nitrogens with one attached hydrogen (secondary N) is 3. The van der Waals surface area contributed by atoms with Crippen LogP contribution in [0.2, 0.25) is 0 Å². The van der Waals surface area contributed by atoms with Gasteiger partial charge in [-0.15, -0.1) is 0 Å². The average Bonchev–Trinajstić information content (AvgIpc) is 3.14. The van der Waals surface area contributed by atoms with Crippen molar-refractivity contribution in [2.45, 2.75) is 26.2 Å². The van der Waals surface area contributed by atoms with E-state index < -0.39 is 0 Å². The van der Waals surface area contributed by atoms with Crippen molar-refractivity contribution in [2.75, 3.05) is 42.2 Å². The smallest absolute Gasteiger partial charge is 0.279 e. The maximum Gasteiger partial charge on any atom is 0.279 e. The largest absolute Gasteiger partial charge is 0.329 e. The molecule has 1 heterocycles. The van der Waals surface area contributed by atoms with Gasteiger partial charge in [0, 0.05) is 30.0 Å². The lowest BCUT2D eigenvalue weighted by Crippen LogP contribution is -3.10. The quantitative estimate of drug-likeness (QED) is 0.619. The highest BCUT2D eigenvalue weighted by Gasteiger charge is 2.21. The topological polar surface area (TPSA) is 82.9 Å². The second-order valence-electron chi connectivity index (χ2n) is 7.79. The van der Waals surface area contributed by atoms with E-state index in [4.69, 9.17) is 0 Å². The highest BCUT2D eigenvalue weighted by Crippen LogP contribution is 2.23. The van der Waals surface area contributed by atoms with E-state index in [2.05, 4.69) is 10.6 Å². The van der Waals surface area contributed by atoms with Gasteiger partial charge in [-0.2, -0.15) is 0 Å². The molecule has 1 aliphatic rings. The fraction of sp³-hybridized carbons (Fsp3) is 0.348. The van der Waals surface area contributed by atoms with E-state index in [1.807, 2.05) is 62.5 Å². The Bertz CT molecular complexity index is 894. The number of amides is 3. The molecule has 0 aromatic heterocycles. The summed E-state index contributed by atoms with van der Waals surface area (Å²) < 4.78 is 0. The van der Waals surface area contributed by atoms with Crippen LogP contribution in [-0.2, 0) is 14.4 Å². The lowest BCUT2D eigenvalue weighted by atomic mass is 10.2. The number of hydrogen-bond acceptors (Lipinski definition) is 3. The third-order valence-corrected chi connectivity index (χ3v) is 5.11. The fourth-order valence-corrected chi connectivity index (χ4v) is 3.40. The van der Waals surface area contributed by atoms with Crippen LogP contribution >= 0.6 is 0 Å². The molecule has 3 N–H and O–H groups in total. The molecule has 1 saturated heterocycles. The van der Waals surface area contributed by atoms with Gasteiger partial charge in [0.1, 0.15) is 0 Å². The molecule has 7 heteroatoms. The van der Waals surface area contributed by atoms with Gasteiger partial charge in [0.15, 0.2) is 6.54 Å². The Morgan fingerprint density at radius 3 is 2.17 bits per heavy atom. The number of aryl methyl sites for hydroxylation is 1. The Labute approximate surface area is 177 Å². The molecule has 2 aromatic carbocycles.